The van der Waals surface area contributed by atoms with Crippen LogP contribution in [0.3, 0.4) is 0 Å². The van der Waals surface area contributed by atoms with E-state index in [1.165, 1.54) is 5.06 Å². The quantitative estimate of drug-likeness (QED) is 0.813. The summed E-state index contributed by atoms with van der Waals surface area (Å²) in [6.45, 7) is 7.31. The summed E-state index contributed by atoms with van der Waals surface area (Å²) in [5.41, 5.74) is 4.81. The van der Waals surface area contributed by atoms with Crippen LogP contribution in [-0.4, -0.2) is 50.6 Å². The molecule has 122 valence electrons. The van der Waals surface area contributed by atoms with Crippen molar-refractivity contribution in [2.45, 2.75) is 13.8 Å². The number of nitrogens with zero attached hydrogens (tertiary/aromatic N) is 2. The highest BCUT2D eigenvalue weighted by molar-refractivity contribution is 5.86. The van der Waals surface area contributed by atoms with E-state index in [2.05, 4.69) is 10.4 Å². The third-order valence-corrected chi connectivity index (χ3v) is 3.07. The van der Waals surface area contributed by atoms with Crippen LogP contribution in [0.2, 0.25) is 0 Å². The van der Waals surface area contributed by atoms with E-state index < -0.39 is 6.09 Å². The molecule has 0 saturated carbocycles. The van der Waals surface area contributed by atoms with Crippen LogP contribution in [0.25, 0.3) is 0 Å². The van der Waals surface area contributed by atoms with Crippen LogP contribution in [-0.2, 0) is 14.3 Å². The molecule has 1 aliphatic heterocycles. The van der Waals surface area contributed by atoms with Gasteiger partial charge in [0.1, 0.15) is 0 Å². The molecule has 0 spiro atoms. The smallest absolute Gasteiger partial charge is 0.438 e. The Morgan fingerprint density at radius 1 is 1.32 bits per heavy atom. The summed E-state index contributed by atoms with van der Waals surface area (Å²) < 4.78 is 10.3. The number of morpholine rings is 1. The molecule has 0 radical (unpaired) electrons. The van der Waals surface area contributed by atoms with Crippen molar-refractivity contribution < 1.29 is 19.1 Å². The SMILES string of the molecule is CCOC(=O)N(OCC)c1cccc(NN2CCOCC2)c1. The highest BCUT2D eigenvalue weighted by atomic mass is 16.7. The van der Waals surface area contributed by atoms with Crippen molar-refractivity contribution >= 4 is 17.5 Å². The number of hydrogen-bond donors (Lipinski definition) is 1. The predicted octanol–water partition coefficient (Wildman–Crippen LogP) is 2.26. The second-order valence-electron chi connectivity index (χ2n) is 4.67. The molecule has 0 aliphatic carbocycles. The molecule has 1 amide bonds. The fraction of sp³-hybridized carbons (Fsp3) is 0.533. The maximum absolute atomic E-state index is 12.0. The van der Waals surface area contributed by atoms with E-state index in [9.17, 15) is 4.79 Å². The fourth-order valence-corrected chi connectivity index (χ4v) is 2.10. The van der Waals surface area contributed by atoms with Gasteiger partial charge in [0.05, 0.1) is 37.8 Å². The minimum atomic E-state index is -0.520. The highest BCUT2D eigenvalue weighted by Gasteiger charge is 2.18. The molecule has 1 aliphatic rings. The summed E-state index contributed by atoms with van der Waals surface area (Å²) in [5.74, 6) is 0. The molecule has 1 fully saturated rings. The Bertz CT molecular complexity index is 478. The summed E-state index contributed by atoms with van der Waals surface area (Å²) in [5, 5.41) is 3.26. The van der Waals surface area contributed by atoms with Gasteiger partial charge in [-0.05, 0) is 32.0 Å². The average Bonchev–Trinajstić information content (AvgIpc) is 2.54. The fourth-order valence-electron chi connectivity index (χ4n) is 2.10. The molecule has 1 saturated heterocycles. The normalized spacial score (nSPS) is 15.4. The van der Waals surface area contributed by atoms with Crippen molar-refractivity contribution in [3.8, 4) is 0 Å². The van der Waals surface area contributed by atoms with E-state index in [-0.39, 0.29) is 0 Å². The number of anilines is 2. The Labute approximate surface area is 130 Å². The van der Waals surface area contributed by atoms with Gasteiger partial charge in [0.2, 0.25) is 0 Å². The third kappa shape index (κ3) is 4.59. The van der Waals surface area contributed by atoms with E-state index in [0.717, 1.165) is 18.8 Å². The Balaban J connectivity index is 2.08. The summed E-state index contributed by atoms with van der Waals surface area (Å²) in [6, 6.07) is 7.46. The Morgan fingerprint density at radius 3 is 2.77 bits per heavy atom. The maximum atomic E-state index is 12.0. The first-order chi connectivity index (χ1) is 10.7. The second-order valence-corrected chi connectivity index (χ2v) is 4.67. The molecule has 1 aromatic carbocycles. The van der Waals surface area contributed by atoms with Gasteiger partial charge in [-0.25, -0.2) is 9.80 Å². The summed E-state index contributed by atoms with van der Waals surface area (Å²) >= 11 is 0. The minimum absolute atomic E-state index is 0.300. The first-order valence-corrected chi connectivity index (χ1v) is 7.53. The molecule has 7 heteroatoms. The zero-order chi connectivity index (χ0) is 15.8. The van der Waals surface area contributed by atoms with Crippen LogP contribution in [0.4, 0.5) is 16.2 Å². The van der Waals surface area contributed by atoms with E-state index >= 15 is 0 Å². The van der Waals surface area contributed by atoms with Crippen LogP contribution < -0.4 is 10.5 Å². The molecule has 2 rings (SSSR count). The molecule has 0 unspecified atom stereocenters. The van der Waals surface area contributed by atoms with Crippen molar-refractivity contribution in [3.63, 3.8) is 0 Å². The molecule has 0 atom stereocenters. The lowest BCUT2D eigenvalue weighted by molar-refractivity contribution is 0.0497. The van der Waals surface area contributed by atoms with Crippen LogP contribution in [0.1, 0.15) is 13.8 Å². The van der Waals surface area contributed by atoms with Crippen molar-refractivity contribution in [2.75, 3.05) is 50.0 Å². The lowest BCUT2D eigenvalue weighted by Crippen LogP contribution is -2.40. The summed E-state index contributed by atoms with van der Waals surface area (Å²) in [4.78, 5) is 17.4. The van der Waals surface area contributed by atoms with Crippen molar-refractivity contribution in [2.24, 2.45) is 0 Å². The van der Waals surface area contributed by atoms with Crippen molar-refractivity contribution in [1.82, 2.24) is 5.01 Å². The number of amides is 1. The topological polar surface area (TPSA) is 63.3 Å². The van der Waals surface area contributed by atoms with Crippen molar-refractivity contribution in [1.29, 1.82) is 0 Å². The standard InChI is InChI=1S/C15H23N3O4/c1-3-21-15(19)18(22-4-2)14-7-5-6-13(12-14)16-17-8-10-20-11-9-17/h5-7,12,16H,3-4,8-11H2,1-2H3. The molecular weight excluding hydrogens is 286 g/mol. The number of carbonyl (C=O) groups is 1. The number of hydrogen-bond acceptors (Lipinski definition) is 6. The molecule has 0 bridgehead atoms. The monoisotopic (exact) mass is 309 g/mol. The Hall–Kier alpha value is -1.83. The van der Waals surface area contributed by atoms with Crippen LogP contribution >= 0.6 is 0 Å². The van der Waals surface area contributed by atoms with E-state index in [0.29, 0.717) is 32.1 Å². The van der Waals surface area contributed by atoms with Gasteiger partial charge in [0, 0.05) is 13.1 Å². The Kier molecular flexibility index (Phi) is 6.45. The lowest BCUT2D eigenvalue weighted by atomic mass is 10.3. The number of hydroxylamine groups is 1. The first kappa shape index (κ1) is 16.5. The minimum Gasteiger partial charge on any atom is -0.448 e. The number of nitrogens with one attached hydrogen (secondary N) is 1. The summed E-state index contributed by atoms with van der Waals surface area (Å²) in [7, 11) is 0. The predicted molar refractivity (Wildman–Crippen MR) is 83.6 cm³/mol. The average molecular weight is 309 g/mol. The van der Waals surface area contributed by atoms with Crippen LogP contribution in [0.5, 0.6) is 0 Å². The highest BCUT2D eigenvalue weighted by Crippen LogP contribution is 2.21. The van der Waals surface area contributed by atoms with Gasteiger partial charge in [0.25, 0.3) is 0 Å². The number of ether oxygens (including phenoxy) is 2. The number of hydrazine groups is 1. The van der Waals surface area contributed by atoms with Gasteiger partial charge in [-0.2, -0.15) is 5.06 Å². The van der Waals surface area contributed by atoms with E-state index in [1.807, 2.05) is 25.1 Å². The largest absolute Gasteiger partial charge is 0.448 e. The third-order valence-electron chi connectivity index (χ3n) is 3.07. The molecule has 1 heterocycles. The van der Waals surface area contributed by atoms with Gasteiger partial charge in [-0.15, -0.1) is 0 Å². The van der Waals surface area contributed by atoms with E-state index in [4.69, 9.17) is 14.3 Å². The van der Waals surface area contributed by atoms with Crippen LogP contribution in [0.15, 0.2) is 24.3 Å². The van der Waals surface area contributed by atoms with Gasteiger partial charge in [-0.3, -0.25) is 4.84 Å². The zero-order valence-electron chi connectivity index (χ0n) is 13.1. The van der Waals surface area contributed by atoms with Gasteiger partial charge in [-0.1, -0.05) is 6.07 Å². The molecule has 7 nitrogen and oxygen atoms in total. The maximum Gasteiger partial charge on any atom is 0.438 e. The molecule has 1 aromatic rings. The molecule has 1 N–H and O–H groups in total. The number of rotatable bonds is 6. The first-order valence-electron chi connectivity index (χ1n) is 7.53. The zero-order valence-corrected chi connectivity index (χ0v) is 13.1. The second kappa shape index (κ2) is 8.57. The van der Waals surface area contributed by atoms with Gasteiger partial charge >= 0.3 is 6.09 Å². The van der Waals surface area contributed by atoms with Crippen LogP contribution in [0, 0.1) is 0 Å². The number of benzene rings is 1. The van der Waals surface area contributed by atoms with Gasteiger partial charge < -0.3 is 14.9 Å². The lowest BCUT2D eigenvalue weighted by Gasteiger charge is -2.28. The summed E-state index contributed by atoms with van der Waals surface area (Å²) in [6.07, 6.45) is -0.520. The van der Waals surface area contributed by atoms with E-state index in [1.54, 1.807) is 13.0 Å². The molecular formula is C15H23N3O4. The van der Waals surface area contributed by atoms with Crippen molar-refractivity contribution in [3.05, 3.63) is 24.3 Å². The number of carbonyl (C=O) groups excluding carboxylic acids is 1. The molecule has 0 aromatic heterocycles. The Morgan fingerprint density at radius 2 is 2.09 bits per heavy atom. The molecule has 22 heavy (non-hydrogen) atoms. The van der Waals surface area contributed by atoms with Gasteiger partial charge in [0.15, 0.2) is 0 Å².